The Hall–Kier alpha value is -2.44. The van der Waals surface area contributed by atoms with Crippen molar-refractivity contribution in [3.05, 3.63) is 60.8 Å². The lowest BCUT2D eigenvalue weighted by molar-refractivity contribution is -0.151. The number of hydrogen-bond donors (Lipinski definition) is 3. The van der Waals surface area contributed by atoms with E-state index in [2.05, 4.69) is 86.8 Å². The number of amides is 1. The molecule has 6 heteroatoms. The predicted molar refractivity (Wildman–Crippen MR) is 282 cm³/mol. The molecule has 0 aliphatic heterocycles. The van der Waals surface area contributed by atoms with E-state index in [9.17, 15) is 19.8 Å². The molecule has 0 aliphatic rings. The molecule has 378 valence electrons. The SMILES string of the molecule is CC/C=C/C/C=C/CCCCCCCC(CC(=O)NC(CO)C(O)CCCCCCCCCCCCCCCCCC)OC(=O)CCCCCCC/C=C/C=C/C=C/CCCCCCC. The summed E-state index contributed by atoms with van der Waals surface area (Å²) in [6.07, 6.45) is 65.7. The zero-order chi connectivity index (χ0) is 47.4. The summed E-state index contributed by atoms with van der Waals surface area (Å²) in [5, 5.41) is 23.8. The summed E-state index contributed by atoms with van der Waals surface area (Å²) in [5.74, 6) is -0.506. The molecule has 65 heavy (non-hydrogen) atoms. The van der Waals surface area contributed by atoms with Crippen LogP contribution < -0.4 is 5.32 Å². The Morgan fingerprint density at radius 2 is 0.892 bits per heavy atom. The summed E-state index contributed by atoms with van der Waals surface area (Å²) in [6.45, 7) is 6.37. The number of carbonyl (C=O) groups excluding carboxylic acids is 2. The van der Waals surface area contributed by atoms with Crippen LogP contribution in [0.1, 0.15) is 278 Å². The fraction of sp³-hybridized carbons (Fsp3) is 0.797. The molecule has 0 saturated carbocycles. The maximum atomic E-state index is 13.2. The first-order chi connectivity index (χ1) is 32.0. The maximum Gasteiger partial charge on any atom is 0.306 e. The third-order valence-electron chi connectivity index (χ3n) is 12.6. The van der Waals surface area contributed by atoms with Crippen molar-refractivity contribution in [1.29, 1.82) is 0 Å². The Morgan fingerprint density at radius 1 is 0.477 bits per heavy atom. The average Bonchev–Trinajstić information content (AvgIpc) is 3.30. The number of rotatable bonds is 50. The molecule has 0 aromatic heterocycles. The molecule has 0 heterocycles. The van der Waals surface area contributed by atoms with Gasteiger partial charge in [0.15, 0.2) is 0 Å². The number of aliphatic hydroxyl groups excluding tert-OH is 2. The van der Waals surface area contributed by atoms with Crippen molar-refractivity contribution in [3.8, 4) is 0 Å². The van der Waals surface area contributed by atoms with Gasteiger partial charge >= 0.3 is 5.97 Å². The van der Waals surface area contributed by atoms with Crippen LogP contribution in [0.3, 0.4) is 0 Å². The van der Waals surface area contributed by atoms with E-state index in [1.807, 2.05) is 0 Å². The molecule has 0 fully saturated rings. The van der Waals surface area contributed by atoms with Gasteiger partial charge < -0.3 is 20.3 Å². The Morgan fingerprint density at radius 3 is 1.37 bits per heavy atom. The molecule has 3 unspecified atom stereocenters. The lowest BCUT2D eigenvalue weighted by Gasteiger charge is -2.24. The van der Waals surface area contributed by atoms with Crippen molar-refractivity contribution in [2.24, 2.45) is 0 Å². The number of esters is 1. The second-order valence-corrected chi connectivity index (χ2v) is 19.0. The van der Waals surface area contributed by atoms with E-state index in [1.54, 1.807) is 0 Å². The highest BCUT2D eigenvalue weighted by Crippen LogP contribution is 2.18. The van der Waals surface area contributed by atoms with E-state index in [0.717, 1.165) is 96.3 Å². The quantitative estimate of drug-likeness (QED) is 0.0245. The lowest BCUT2D eigenvalue weighted by Crippen LogP contribution is -2.46. The van der Waals surface area contributed by atoms with Crippen LogP contribution >= 0.6 is 0 Å². The van der Waals surface area contributed by atoms with Crippen LogP contribution in [-0.4, -0.2) is 46.9 Å². The number of aliphatic hydroxyl groups is 2. The van der Waals surface area contributed by atoms with Crippen LogP contribution in [0.15, 0.2) is 60.8 Å². The topological polar surface area (TPSA) is 95.9 Å². The molecule has 0 rings (SSSR count). The Labute approximate surface area is 403 Å². The van der Waals surface area contributed by atoms with Gasteiger partial charge in [-0.1, -0.05) is 248 Å². The molecule has 6 nitrogen and oxygen atoms in total. The summed E-state index contributed by atoms with van der Waals surface area (Å²) >= 11 is 0. The fourth-order valence-electron chi connectivity index (χ4n) is 8.41. The summed E-state index contributed by atoms with van der Waals surface area (Å²) < 4.78 is 5.93. The van der Waals surface area contributed by atoms with E-state index in [4.69, 9.17) is 4.74 Å². The minimum Gasteiger partial charge on any atom is -0.462 e. The highest BCUT2D eigenvalue weighted by Gasteiger charge is 2.24. The summed E-state index contributed by atoms with van der Waals surface area (Å²) in [7, 11) is 0. The summed E-state index contributed by atoms with van der Waals surface area (Å²) in [5.41, 5.74) is 0. The second kappa shape index (κ2) is 52.5. The zero-order valence-electron chi connectivity index (χ0n) is 43.1. The van der Waals surface area contributed by atoms with Crippen molar-refractivity contribution >= 4 is 11.9 Å². The molecule has 0 radical (unpaired) electrons. The molecular weight excluding hydrogens is 803 g/mol. The first-order valence-electron chi connectivity index (χ1n) is 28.0. The molecular formula is C59H107NO5. The predicted octanol–water partition coefficient (Wildman–Crippen LogP) is 17.2. The van der Waals surface area contributed by atoms with Gasteiger partial charge in [-0.15, -0.1) is 0 Å². The highest BCUT2D eigenvalue weighted by molar-refractivity contribution is 5.77. The van der Waals surface area contributed by atoms with Crippen LogP contribution in [0.2, 0.25) is 0 Å². The van der Waals surface area contributed by atoms with E-state index in [1.165, 1.54) is 135 Å². The number of nitrogens with one attached hydrogen (secondary N) is 1. The molecule has 3 atom stereocenters. The smallest absolute Gasteiger partial charge is 0.306 e. The average molecular weight is 911 g/mol. The van der Waals surface area contributed by atoms with Gasteiger partial charge in [-0.25, -0.2) is 0 Å². The van der Waals surface area contributed by atoms with Crippen molar-refractivity contribution in [3.63, 3.8) is 0 Å². The maximum absolute atomic E-state index is 13.2. The highest BCUT2D eigenvalue weighted by atomic mass is 16.5. The summed E-state index contributed by atoms with van der Waals surface area (Å²) in [6, 6.07) is -0.712. The largest absolute Gasteiger partial charge is 0.462 e. The molecule has 0 bridgehead atoms. The van der Waals surface area contributed by atoms with Crippen LogP contribution in [0, 0.1) is 0 Å². The van der Waals surface area contributed by atoms with Gasteiger partial charge in [-0.3, -0.25) is 9.59 Å². The van der Waals surface area contributed by atoms with E-state index in [-0.39, 0.29) is 24.9 Å². The minimum atomic E-state index is -0.797. The van der Waals surface area contributed by atoms with Gasteiger partial charge in [-0.2, -0.15) is 0 Å². The number of hydrogen-bond acceptors (Lipinski definition) is 5. The van der Waals surface area contributed by atoms with E-state index < -0.39 is 18.2 Å². The Kier molecular flexibility index (Phi) is 50.6. The van der Waals surface area contributed by atoms with Crippen LogP contribution in [0.4, 0.5) is 0 Å². The van der Waals surface area contributed by atoms with Crippen molar-refractivity contribution in [2.45, 2.75) is 296 Å². The first kappa shape index (κ1) is 62.6. The number of unbranched alkanes of at least 4 members (excludes halogenated alkanes) is 30. The molecule has 0 aromatic rings. The Bertz CT molecular complexity index is 1160. The van der Waals surface area contributed by atoms with Gasteiger partial charge in [0.25, 0.3) is 0 Å². The normalized spacial score (nSPS) is 13.6. The second-order valence-electron chi connectivity index (χ2n) is 19.0. The number of carbonyl (C=O) groups is 2. The van der Waals surface area contributed by atoms with Gasteiger partial charge in [0.1, 0.15) is 6.10 Å². The van der Waals surface area contributed by atoms with Gasteiger partial charge in [0, 0.05) is 6.42 Å². The molecule has 0 spiro atoms. The van der Waals surface area contributed by atoms with Crippen LogP contribution in [-0.2, 0) is 14.3 Å². The lowest BCUT2D eigenvalue weighted by atomic mass is 10.0. The zero-order valence-corrected chi connectivity index (χ0v) is 43.1. The monoisotopic (exact) mass is 910 g/mol. The molecule has 0 aliphatic carbocycles. The van der Waals surface area contributed by atoms with E-state index in [0.29, 0.717) is 19.3 Å². The minimum absolute atomic E-state index is 0.0589. The van der Waals surface area contributed by atoms with Crippen LogP contribution in [0.25, 0.3) is 0 Å². The van der Waals surface area contributed by atoms with Gasteiger partial charge in [0.05, 0.1) is 25.2 Å². The number of ether oxygens (including phenoxy) is 1. The van der Waals surface area contributed by atoms with Crippen molar-refractivity contribution in [2.75, 3.05) is 6.61 Å². The first-order valence-corrected chi connectivity index (χ1v) is 28.0. The molecule has 0 saturated heterocycles. The van der Waals surface area contributed by atoms with Gasteiger partial charge in [0.2, 0.25) is 5.91 Å². The fourth-order valence-corrected chi connectivity index (χ4v) is 8.41. The molecule has 0 aromatic carbocycles. The van der Waals surface area contributed by atoms with Crippen molar-refractivity contribution < 1.29 is 24.5 Å². The third kappa shape index (κ3) is 47.8. The molecule has 1 amide bonds. The Balaban J connectivity index is 4.55. The summed E-state index contributed by atoms with van der Waals surface area (Å²) in [4.78, 5) is 26.2. The third-order valence-corrected chi connectivity index (χ3v) is 12.6. The molecule has 3 N–H and O–H groups in total. The standard InChI is InChI=1S/C59H107NO5/c1-4-7-10-13-16-19-22-25-27-29-30-32-34-37-40-43-46-49-52-59(64)65-55(50-47-44-41-38-35-24-21-18-15-12-9-6-3)53-58(63)60-56(54-61)57(62)51-48-45-42-39-36-33-31-28-26-23-20-17-14-11-8-5-2/h9,12,18,21-22,25,27,29-30,32,55-57,61-62H,4-8,10-11,13-17,19-20,23-24,26,28,31,33-54H2,1-3H3,(H,60,63)/b12-9+,21-18+,25-22+,29-27+,32-30+. The number of allylic oxidation sites excluding steroid dienone is 10. The van der Waals surface area contributed by atoms with Crippen LogP contribution in [0.5, 0.6) is 0 Å². The van der Waals surface area contributed by atoms with Crippen molar-refractivity contribution in [1.82, 2.24) is 5.32 Å². The van der Waals surface area contributed by atoms with E-state index >= 15 is 0 Å². The van der Waals surface area contributed by atoms with Gasteiger partial charge in [-0.05, 0) is 77.0 Å².